The Morgan fingerprint density at radius 1 is 1.03 bits per heavy atom. The average molecular weight is 479 g/mol. The van der Waals surface area contributed by atoms with Crippen LogP contribution < -0.4 is 16.4 Å². The molecule has 0 spiro atoms. The van der Waals surface area contributed by atoms with Gasteiger partial charge in [0, 0.05) is 23.8 Å². The van der Waals surface area contributed by atoms with E-state index in [1.165, 1.54) is 16.4 Å². The fraction of sp³-hybridized carbons (Fsp3) is 0.217. The van der Waals surface area contributed by atoms with Crippen molar-refractivity contribution in [1.29, 1.82) is 0 Å². The van der Waals surface area contributed by atoms with Crippen LogP contribution in [-0.4, -0.2) is 31.7 Å². The van der Waals surface area contributed by atoms with Crippen molar-refractivity contribution in [2.75, 3.05) is 0 Å². The third kappa shape index (κ3) is 4.99. The number of fused-ring (bicyclic) bond motifs is 1. The molecule has 0 aliphatic heterocycles. The average Bonchev–Trinajstić information content (AvgIpc) is 3.28. The first-order valence-corrected chi connectivity index (χ1v) is 11.6. The van der Waals surface area contributed by atoms with Crippen LogP contribution in [0.4, 0.5) is 0 Å². The fourth-order valence-corrected chi connectivity index (χ4v) is 4.22. The molecule has 2 amide bonds. The molecule has 0 aliphatic rings. The molecule has 0 fully saturated rings. The van der Waals surface area contributed by atoms with Crippen molar-refractivity contribution >= 4 is 34.3 Å². The number of nitrogens with zero attached hydrogens (tertiary/aromatic N) is 4. The van der Waals surface area contributed by atoms with E-state index in [9.17, 15) is 14.4 Å². The van der Waals surface area contributed by atoms with Gasteiger partial charge in [-0.15, -0.1) is 11.8 Å². The van der Waals surface area contributed by atoms with Gasteiger partial charge in [-0.1, -0.05) is 42.4 Å². The third-order valence-electron chi connectivity index (χ3n) is 4.87. The maximum atomic E-state index is 12.9. The lowest BCUT2D eigenvalue weighted by Gasteiger charge is -2.12. The first-order chi connectivity index (χ1) is 16.5. The number of hydrazine groups is 1. The van der Waals surface area contributed by atoms with E-state index >= 15 is 0 Å². The van der Waals surface area contributed by atoms with Crippen LogP contribution in [-0.2, 0) is 12.3 Å². The number of nitrogens with one attached hydrogen (secondary N) is 2. The van der Waals surface area contributed by atoms with E-state index in [4.69, 9.17) is 4.52 Å². The molecule has 2 aromatic carbocycles. The molecule has 2 aromatic heterocycles. The van der Waals surface area contributed by atoms with Crippen molar-refractivity contribution in [2.45, 2.75) is 37.5 Å². The van der Waals surface area contributed by atoms with E-state index in [-0.39, 0.29) is 11.3 Å². The normalized spacial score (nSPS) is 10.9. The lowest BCUT2D eigenvalue weighted by atomic mass is 10.1. The molecule has 0 saturated heterocycles. The first-order valence-electron chi connectivity index (χ1n) is 10.6. The molecule has 0 radical (unpaired) electrons. The largest absolute Gasteiger partial charge is 0.340 e. The number of carbonyl (C=O) groups is 2. The highest BCUT2D eigenvalue weighted by molar-refractivity contribution is 7.98. The van der Waals surface area contributed by atoms with Gasteiger partial charge in [-0.2, -0.15) is 10.1 Å². The summed E-state index contributed by atoms with van der Waals surface area (Å²) >= 11 is 1.37. The molecule has 0 atom stereocenters. The number of hydrogen-bond donors (Lipinski definition) is 2. The molecular formula is C23H22N6O4S. The van der Waals surface area contributed by atoms with Gasteiger partial charge in [0.25, 0.3) is 17.4 Å². The van der Waals surface area contributed by atoms with Crippen LogP contribution in [0.5, 0.6) is 0 Å². The Kier molecular flexibility index (Phi) is 7.02. The Balaban J connectivity index is 1.51. The molecule has 0 saturated carbocycles. The Hall–Kier alpha value is -3.99. The van der Waals surface area contributed by atoms with Crippen molar-refractivity contribution in [3.8, 4) is 0 Å². The zero-order valence-corrected chi connectivity index (χ0v) is 19.4. The molecule has 0 unspecified atom stereocenters. The molecular weight excluding hydrogens is 456 g/mol. The standard InChI is InChI=1S/C23H22N6O4S/c1-3-12-29-23(32)16-9-5-4-8-15(16)20(27-29)22(31)26-25-21(30)17-10-6-7-11-18(17)34-13-19-24-14(2)33-28-19/h4-11H,3,12-13H2,1-2H3,(H,25,30)(H,26,31). The number of amides is 2. The lowest BCUT2D eigenvalue weighted by molar-refractivity contribution is 0.0842. The number of benzene rings is 2. The molecule has 174 valence electrons. The summed E-state index contributed by atoms with van der Waals surface area (Å²) in [5.74, 6) is 0.290. The SMILES string of the molecule is CCCn1nc(C(=O)NNC(=O)c2ccccc2SCc2noc(C)n2)c2ccccc2c1=O. The summed E-state index contributed by atoms with van der Waals surface area (Å²) in [5, 5.41) is 8.90. The summed E-state index contributed by atoms with van der Waals surface area (Å²) in [6.45, 7) is 4.00. The van der Waals surface area contributed by atoms with Crippen molar-refractivity contribution < 1.29 is 14.1 Å². The summed E-state index contributed by atoms with van der Waals surface area (Å²) < 4.78 is 6.24. The topological polar surface area (TPSA) is 132 Å². The van der Waals surface area contributed by atoms with Crippen LogP contribution in [0.1, 0.15) is 45.9 Å². The monoisotopic (exact) mass is 478 g/mol. The second-order valence-corrected chi connectivity index (χ2v) is 8.36. The zero-order valence-electron chi connectivity index (χ0n) is 18.6. The third-order valence-corrected chi connectivity index (χ3v) is 5.94. The van der Waals surface area contributed by atoms with Gasteiger partial charge in [0.2, 0.25) is 5.89 Å². The summed E-state index contributed by atoms with van der Waals surface area (Å²) in [4.78, 5) is 43.2. The maximum Gasteiger partial charge on any atom is 0.290 e. The molecule has 4 rings (SSSR count). The van der Waals surface area contributed by atoms with Crippen LogP contribution in [0.15, 0.2) is 62.7 Å². The molecule has 2 heterocycles. The van der Waals surface area contributed by atoms with E-state index in [0.717, 1.165) is 0 Å². The van der Waals surface area contributed by atoms with Crippen LogP contribution in [0.3, 0.4) is 0 Å². The Morgan fingerprint density at radius 2 is 1.74 bits per heavy atom. The maximum absolute atomic E-state index is 12.9. The van der Waals surface area contributed by atoms with E-state index < -0.39 is 11.8 Å². The number of carbonyl (C=O) groups excluding carboxylic acids is 2. The van der Waals surface area contributed by atoms with E-state index in [1.807, 2.05) is 13.0 Å². The number of rotatable bonds is 7. The minimum atomic E-state index is -0.623. The van der Waals surface area contributed by atoms with E-state index in [2.05, 4.69) is 26.1 Å². The van der Waals surface area contributed by atoms with Gasteiger partial charge in [-0.3, -0.25) is 25.2 Å². The molecule has 34 heavy (non-hydrogen) atoms. The predicted molar refractivity (Wildman–Crippen MR) is 126 cm³/mol. The second-order valence-electron chi connectivity index (χ2n) is 7.35. The summed E-state index contributed by atoms with van der Waals surface area (Å²) in [5.41, 5.74) is 5.03. The molecule has 11 heteroatoms. The van der Waals surface area contributed by atoms with Gasteiger partial charge in [-0.05, 0) is 24.6 Å². The summed E-state index contributed by atoms with van der Waals surface area (Å²) in [7, 11) is 0. The summed E-state index contributed by atoms with van der Waals surface area (Å²) in [6.07, 6.45) is 0.681. The van der Waals surface area contributed by atoms with Gasteiger partial charge in [0.15, 0.2) is 11.5 Å². The number of aromatic nitrogens is 4. The van der Waals surface area contributed by atoms with Crippen LogP contribution in [0.25, 0.3) is 10.8 Å². The molecule has 4 aromatic rings. The fourth-order valence-electron chi connectivity index (χ4n) is 3.33. The van der Waals surface area contributed by atoms with E-state index in [0.29, 0.717) is 51.7 Å². The summed E-state index contributed by atoms with van der Waals surface area (Å²) in [6, 6.07) is 13.8. The van der Waals surface area contributed by atoms with E-state index in [1.54, 1.807) is 49.4 Å². The Bertz CT molecular complexity index is 1410. The number of thioether (sulfide) groups is 1. The highest BCUT2D eigenvalue weighted by Crippen LogP contribution is 2.25. The van der Waals surface area contributed by atoms with Crippen molar-refractivity contribution in [3.63, 3.8) is 0 Å². The zero-order chi connectivity index (χ0) is 24.1. The van der Waals surface area contributed by atoms with Crippen LogP contribution in [0.2, 0.25) is 0 Å². The molecule has 0 bridgehead atoms. The Labute approximate surface area is 198 Å². The van der Waals surface area contributed by atoms with Crippen LogP contribution in [0, 0.1) is 6.92 Å². The lowest BCUT2D eigenvalue weighted by Crippen LogP contribution is -2.43. The molecule has 2 N–H and O–H groups in total. The van der Waals surface area contributed by atoms with Gasteiger partial charge in [0.1, 0.15) is 0 Å². The minimum absolute atomic E-state index is 0.0547. The quantitative estimate of drug-likeness (QED) is 0.306. The molecule has 0 aliphatic carbocycles. The van der Waals surface area contributed by atoms with Gasteiger partial charge in [0.05, 0.1) is 16.7 Å². The predicted octanol–water partition coefficient (Wildman–Crippen LogP) is 2.87. The number of hydrogen-bond acceptors (Lipinski definition) is 8. The van der Waals surface area contributed by atoms with Gasteiger partial charge < -0.3 is 4.52 Å². The first kappa shape index (κ1) is 23.2. The van der Waals surface area contributed by atoms with Crippen molar-refractivity contribution in [1.82, 2.24) is 30.8 Å². The van der Waals surface area contributed by atoms with Crippen LogP contribution >= 0.6 is 11.8 Å². The molecule has 10 nitrogen and oxygen atoms in total. The highest BCUT2D eigenvalue weighted by atomic mass is 32.2. The van der Waals surface area contributed by atoms with Crippen molar-refractivity contribution in [3.05, 3.63) is 81.9 Å². The number of aryl methyl sites for hydroxylation is 2. The smallest absolute Gasteiger partial charge is 0.290 e. The second kappa shape index (κ2) is 10.3. The van der Waals surface area contributed by atoms with Gasteiger partial charge >= 0.3 is 0 Å². The Morgan fingerprint density at radius 3 is 2.47 bits per heavy atom. The highest BCUT2D eigenvalue weighted by Gasteiger charge is 2.18. The van der Waals surface area contributed by atoms with Gasteiger partial charge in [-0.25, -0.2) is 4.68 Å². The van der Waals surface area contributed by atoms with Crippen molar-refractivity contribution in [2.24, 2.45) is 0 Å². The minimum Gasteiger partial charge on any atom is -0.340 e.